The summed E-state index contributed by atoms with van der Waals surface area (Å²) in [5, 5.41) is 19.8. The predicted molar refractivity (Wildman–Crippen MR) is 93.0 cm³/mol. The van der Waals surface area contributed by atoms with Crippen molar-refractivity contribution in [2.75, 3.05) is 13.7 Å². The molecule has 130 valence electrons. The number of benzene rings is 1. The minimum absolute atomic E-state index is 0.190. The lowest BCUT2D eigenvalue weighted by Crippen LogP contribution is -2.36. The molecular weight excluding hydrogens is 306 g/mol. The zero-order valence-electron chi connectivity index (χ0n) is 14.4. The van der Waals surface area contributed by atoms with Crippen molar-refractivity contribution in [3.05, 3.63) is 36.0 Å². The van der Waals surface area contributed by atoms with E-state index in [0.29, 0.717) is 11.3 Å². The second-order valence-electron chi connectivity index (χ2n) is 5.74. The molecule has 6 heteroatoms. The fourth-order valence-corrected chi connectivity index (χ4v) is 2.73. The van der Waals surface area contributed by atoms with Gasteiger partial charge in [0.15, 0.2) is 0 Å². The van der Waals surface area contributed by atoms with Crippen molar-refractivity contribution in [3.63, 3.8) is 0 Å². The van der Waals surface area contributed by atoms with Crippen LogP contribution in [0.2, 0.25) is 0 Å². The first kappa shape index (κ1) is 18.0. The molecule has 2 aromatic rings. The summed E-state index contributed by atoms with van der Waals surface area (Å²) in [7, 11) is 1.61. The van der Waals surface area contributed by atoms with Gasteiger partial charge in [0, 0.05) is 12.1 Å². The van der Waals surface area contributed by atoms with E-state index in [-0.39, 0.29) is 18.4 Å². The third-order valence-corrected chi connectivity index (χ3v) is 4.33. The molecule has 0 spiro atoms. The summed E-state index contributed by atoms with van der Waals surface area (Å²) in [6.45, 7) is 4.31. The van der Waals surface area contributed by atoms with Crippen LogP contribution in [0.4, 0.5) is 0 Å². The van der Waals surface area contributed by atoms with Gasteiger partial charge in [-0.1, -0.05) is 26.7 Å². The molecule has 1 aromatic heterocycles. The molecule has 3 N–H and O–H groups in total. The van der Waals surface area contributed by atoms with Gasteiger partial charge in [0.2, 0.25) is 0 Å². The van der Waals surface area contributed by atoms with Crippen molar-refractivity contribution in [3.8, 4) is 17.0 Å². The number of carbonyl (C=O) groups is 1. The fraction of sp³-hybridized carbons (Fsp3) is 0.444. The zero-order chi connectivity index (χ0) is 17.5. The average molecular weight is 331 g/mol. The first-order valence-corrected chi connectivity index (χ1v) is 8.24. The first-order chi connectivity index (χ1) is 11.6. The summed E-state index contributed by atoms with van der Waals surface area (Å²) < 4.78 is 5.14. The van der Waals surface area contributed by atoms with E-state index in [1.165, 1.54) is 6.20 Å². The lowest BCUT2D eigenvalue weighted by molar-refractivity contribution is 0.0817. The van der Waals surface area contributed by atoms with Crippen molar-refractivity contribution in [2.24, 2.45) is 5.92 Å². The maximum atomic E-state index is 12.4. The quantitative estimate of drug-likeness (QED) is 0.694. The molecule has 1 heterocycles. The molecule has 0 aliphatic carbocycles. The van der Waals surface area contributed by atoms with E-state index in [2.05, 4.69) is 15.5 Å². The third-order valence-electron chi connectivity index (χ3n) is 4.33. The summed E-state index contributed by atoms with van der Waals surface area (Å²) in [5.74, 6) is 0.688. The monoisotopic (exact) mass is 331 g/mol. The highest BCUT2D eigenvalue weighted by Crippen LogP contribution is 2.23. The molecule has 0 aliphatic heterocycles. The molecule has 0 aliphatic rings. The van der Waals surface area contributed by atoms with E-state index in [0.717, 1.165) is 24.2 Å². The summed E-state index contributed by atoms with van der Waals surface area (Å²) in [6, 6.07) is 7.38. The molecule has 0 bridgehead atoms. The number of H-pyrrole nitrogens is 1. The van der Waals surface area contributed by atoms with Crippen LogP contribution in [0.1, 0.15) is 37.0 Å². The van der Waals surface area contributed by atoms with E-state index >= 15 is 0 Å². The zero-order valence-corrected chi connectivity index (χ0v) is 14.4. The Morgan fingerprint density at radius 3 is 2.54 bits per heavy atom. The Morgan fingerprint density at radius 1 is 1.29 bits per heavy atom. The Kier molecular flexibility index (Phi) is 6.37. The highest BCUT2D eigenvalue weighted by molar-refractivity contribution is 5.99. The molecule has 0 saturated carbocycles. The minimum Gasteiger partial charge on any atom is -0.497 e. The molecule has 0 radical (unpaired) electrons. The lowest BCUT2D eigenvalue weighted by atomic mass is 9.96. The van der Waals surface area contributed by atoms with Gasteiger partial charge in [0.25, 0.3) is 5.91 Å². The summed E-state index contributed by atoms with van der Waals surface area (Å²) in [5.41, 5.74) is 1.95. The van der Waals surface area contributed by atoms with Gasteiger partial charge in [0.1, 0.15) is 5.75 Å². The molecule has 1 atom stereocenters. The van der Waals surface area contributed by atoms with Gasteiger partial charge in [-0.05, 0) is 30.2 Å². The van der Waals surface area contributed by atoms with Gasteiger partial charge >= 0.3 is 0 Å². The smallest absolute Gasteiger partial charge is 0.255 e. The molecule has 1 aromatic carbocycles. The van der Waals surface area contributed by atoms with E-state index < -0.39 is 6.10 Å². The third kappa shape index (κ3) is 4.14. The van der Waals surface area contributed by atoms with Crippen LogP contribution >= 0.6 is 0 Å². The number of hydrogen-bond donors (Lipinski definition) is 3. The number of hydrogen-bond acceptors (Lipinski definition) is 4. The Morgan fingerprint density at radius 2 is 1.96 bits per heavy atom. The number of aliphatic hydroxyl groups is 1. The number of amides is 1. The summed E-state index contributed by atoms with van der Waals surface area (Å²) in [6.07, 6.45) is 2.73. The molecule has 0 fully saturated rings. The van der Waals surface area contributed by atoms with Crippen LogP contribution < -0.4 is 10.1 Å². The number of aromatic amines is 1. The van der Waals surface area contributed by atoms with Crippen molar-refractivity contribution in [1.29, 1.82) is 0 Å². The largest absolute Gasteiger partial charge is 0.497 e. The number of aliphatic hydroxyl groups excluding tert-OH is 1. The second kappa shape index (κ2) is 8.49. The van der Waals surface area contributed by atoms with Gasteiger partial charge in [-0.2, -0.15) is 5.10 Å². The van der Waals surface area contributed by atoms with Crippen molar-refractivity contribution >= 4 is 5.91 Å². The SMILES string of the molecule is CCC(CC)C(O)CNC(=O)c1cn[nH]c1-c1ccc(OC)cc1. The van der Waals surface area contributed by atoms with Gasteiger partial charge in [0.05, 0.1) is 30.7 Å². The molecule has 1 amide bonds. The van der Waals surface area contributed by atoms with E-state index in [1.54, 1.807) is 7.11 Å². The van der Waals surface area contributed by atoms with E-state index in [4.69, 9.17) is 4.74 Å². The highest BCUT2D eigenvalue weighted by atomic mass is 16.5. The van der Waals surface area contributed by atoms with Crippen LogP contribution in [0.15, 0.2) is 30.5 Å². The van der Waals surface area contributed by atoms with Crippen molar-refractivity contribution in [2.45, 2.75) is 32.8 Å². The Hall–Kier alpha value is -2.34. The van der Waals surface area contributed by atoms with Gasteiger partial charge < -0.3 is 15.2 Å². The highest BCUT2D eigenvalue weighted by Gasteiger charge is 2.19. The fourth-order valence-electron chi connectivity index (χ4n) is 2.73. The summed E-state index contributed by atoms with van der Waals surface area (Å²) in [4.78, 5) is 12.4. The number of methoxy groups -OCH3 is 1. The standard InChI is InChI=1S/C18H25N3O3/c1-4-12(5-2)16(22)11-19-18(23)15-10-20-21-17(15)13-6-8-14(24-3)9-7-13/h6-10,12,16,22H,4-5,11H2,1-3H3,(H,19,23)(H,20,21). The molecular formula is C18H25N3O3. The number of rotatable bonds is 8. The maximum Gasteiger partial charge on any atom is 0.255 e. The summed E-state index contributed by atoms with van der Waals surface area (Å²) >= 11 is 0. The lowest BCUT2D eigenvalue weighted by Gasteiger charge is -2.20. The molecule has 0 saturated heterocycles. The van der Waals surface area contributed by atoms with Crippen molar-refractivity contribution in [1.82, 2.24) is 15.5 Å². The van der Waals surface area contributed by atoms with Crippen LogP contribution in [0.25, 0.3) is 11.3 Å². The number of aromatic nitrogens is 2. The number of nitrogens with one attached hydrogen (secondary N) is 2. The van der Waals surface area contributed by atoms with E-state index in [9.17, 15) is 9.90 Å². The average Bonchev–Trinajstić information content (AvgIpc) is 3.10. The van der Waals surface area contributed by atoms with Gasteiger partial charge in [-0.25, -0.2) is 0 Å². The number of ether oxygens (including phenoxy) is 1. The minimum atomic E-state index is -0.541. The maximum absolute atomic E-state index is 12.4. The Labute approximate surface area is 142 Å². The van der Waals surface area contributed by atoms with Crippen LogP contribution in [0, 0.1) is 5.92 Å². The first-order valence-electron chi connectivity index (χ1n) is 8.24. The molecule has 24 heavy (non-hydrogen) atoms. The Balaban J connectivity index is 2.07. The van der Waals surface area contributed by atoms with Crippen LogP contribution in [-0.4, -0.2) is 41.0 Å². The topological polar surface area (TPSA) is 87.2 Å². The van der Waals surface area contributed by atoms with Crippen molar-refractivity contribution < 1.29 is 14.6 Å². The van der Waals surface area contributed by atoms with Crippen LogP contribution in [0.3, 0.4) is 0 Å². The number of carbonyl (C=O) groups excluding carboxylic acids is 1. The normalized spacial score (nSPS) is 12.2. The molecule has 6 nitrogen and oxygen atoms in total. The van der Waals surface area contributed by atoms with Crippen LogP contribution in [0.5, 0.6) is 5.75 Å². The molecule has 1 unspecified atom stereocenters. The van der Waals surface area contributed by atoms with E-state index in [1.807, 2.05) is 38.1 Å². The Bertz CT molecular complexity index is 648. The van der Waals surface area contributed by atoms with Gasteiger partial charge in [-0.3, -0.25) is 9.89 Å². The number of nitrogens with zero attached hydrogens (tertiary/aromatic N) is 1. The van der Waals surface area contributed by atoms with Crippen LogP contribution in [-0.2, 0) is 0 Å². The second-order valence-corrected chi connectivity index (χ2v) is 5.74. The predicted octanol–water partition coefficient (Wildman–Crippen LogP) is 2.61. The van der Waals surface area contributed by atoms with Gasteiger partial charge in [-0.15, -0.1) is 0 Å². The molecule has 2 rings (SSSR count).